The molecule has 13 heteroatoms. The number of carbonyl (C=O) groups excluding carboxylic acids is 1. The molecule has 0 radical (unpaired) electrons. The van der Waals surface area contributed by atoms with Crippen molar-refractivity contribution in [3.63, 3.8) is 0 Å². The normalized spacial score (nSPS) is 11.4. The highest BCUT2D eigenvalue weighted by atomic mass is 35.5. The number of aryl methyl sites for hydroxylation is 1. The number of hydrogen-bond acceptors (Lipinski definition) is 5. The zero-order valence-electron chi connectivity index (χ0n) is 17.7. The number of aliphatic carboxylic acids is 1. The zero-order chi connectivity index (χ0) is 25.0. The molecule has 4 rings (SSSR count). The number of alkyl halides is 3. The van der Waals surface area contributed by atoms with Crippen molar-refractivity contribution in [1.82, 2.24) is 24.5 Å². The summed E-state index contributed by atoms with van der Waals surface area (Å²) in [6.45, 7) is 2.44. The van der Waals surface area contributed by atoms with Crippen molar-refractivity contribution in [2.45, 2.75) is 19.6 Å². The molecule has 0 bridgehead atoms. The molecule has 0 unspecified atom stereocenters. The van der Waals surface area contributed by atoms with Crippen LogP contribution in [0.15, 0.2) is 42.5 Å². The quantitative estimate of drug-likeness (QED) is 0.389. The van der Waals surface area contributed by atoms with Crippen LogP contribution in [0, 0.1) is 6.92 Å². The van der Waals surface area contributed by atoms with Crippen LogP contribution in [0.25, 0.3) is 16.7 Å². The molecular weight excluding hydrogens is 479 g/mol. The summed E-state index contributed by atoms with van der Waals surface area (Å²) in [6.07, 6.45) is -5.08. The highest BCUT2D eigenvalue weighted by Crippen LogP contribution is 2.24. The SMILES string of the molecule is Cc1nnc2ccc3c(cc(C(=O)NCCO)n3Cc3cccc(Cl)c3)n12.O=C(O)C(F)(F)F. The number of carboxylic acids is 1. The molecule has 1 aromatic carbocycles. The number of carboxylic acid groups (broad SMARTS) is 1. The number of aromatic nitrogens is 4. The summed E-state index contributed by atoms with van der Waals surface area (Å²) in [6, 6.07) is 13.2. The first-order valence-corrected chi connectivity index (χ1v) is 10.2. The van der Waals surface area contributed by atoms with Gasteiger partial charge in [-0.2, -0.15) is 13.2 Å². The lowest BCUT2D eigenvalue weighted by Crippen LogP contribution is -2.28. The van der Waals surface area contributed by atoms with Gasteiger partial charge in [0.1, 0.15) is 11.5 Å². The van der Waals surface area contributed by atoms with E-state index < -0.39 is 12.1 Å². The molecule has 0 aliphatic heterocycles. The van der Waals surface area contributed by atoms with E-state index in [1.54, 1.807) is 0 Å². The Labute approximate surface area is 195 Å². The first-order valence-electron chi connectivity index (χ1n) is 9.80. The lowest BCUT2D eigenvalue weighted by atomic mass is 10.2. The van der Waals surface area contributed by atoms with Crippen LogP contribution < -0.4 is 5.32 Å². The summed E-state index contributed by atoms with van der Waals surface area (Å²) in [4.78, 5) is 21.6. The summed E-state index contributed by atoms with van der Waals surface area (Å²) < 4.78 is 35.6. The molecule has 9 nitrogen and oxygen atoms in total. The van der Waals surface area contributed by atoms with Crippen molar-refractivity contribution >= 4 is 40.2 Å². The predicted octanol–water partition coefficient (Wildman–Crippen LogP) is 3.05. The Morgan fingerprint density at radius 2 is 1.82 bits per heavy atom. The van der Waals surface area contributed by atoms with Gasteiger partial charge in [0.2, 0.25) is 0 Å². The summed E-state index contributed by atoms with van der Waals surface area (Å²) in [7, 11) is 0. The Bertz CT molecular complexity index is 1350. The first kappa shape index (κ1) is 25.0. The standard InChI is InChI=1S/C19H18ClN5O2.C2HF3O2/c1-12-22-23-18-6-5-15-16(25(12)18)10-17(19(27)21-7-8-26)24(15)11-13-3-2-4-14(20)9-13;3-2(4,5)1(6)7/h2-6,9-10,26H,7-8,11H2,1H3,(H,21,27);(H,6,7). The molecule has 3 N–H and O–H groups in total. The van der Waals surface area contributed by atoms with Crippen LogP contribution in [0.4, 0.5) is 13.2 Å². The Morgan fingerprint density at radius 1 is 1.12 bits per heavy atom. The molecule has 4 aromatic rings. The van der Waals surface area contributed by atoms with Gasteiger partial charge in [-0.15, -0.1) is 10.2 Å². The number of aliphatic hydroxyl groups excluding tert-OH is 1. The number of pyridine rings is 1. The second-order valence-electron chi connectivity index (χ2n) is 7.07. The summed E-state index contributed by atoms with van der Waals surface area (Å²) in [5, 5.41) is 27.8. The van der Waals surface area contributed by atoms with Crippen LogP contribution in [0.2, 0.25) is 5.02 Å². The molecular formula is C21H19ClF3N5O4. The van der Waals surface area contributed by atoms with Gasteiger partial charge in [0.15, 0.2) is 5.65 Å². The van der Waals surface area contributed by atoms with Gasteiger partial charge in [0, 0.05) is 18.1 Å². The third-order valence-corrected chi connectivity index (χ3v) is 4.94. The molecule has 3 heterocycles. The average molecular weight is 498 g/mol. The molecule has 34 heavy (non-hydrogen) atoms. The molecule has 0 atom stereocenters. The molecule has 180 valence electrons. The van der Waals surface area contributed by atoms with Crippen molar-refractivity contribution in [3.8, 4) is 0 Å². The van der Waals surface area contributed by atoms with Gasteiger partial charge in [-0.25, -0.2) is 4.79 Å². The Kier molecular flexibility index (Phi) is 7.42. The number of aliphatic hydroxyl groups is 1. The number of nitrogens with zero attached hydrogens (tertiary/aromatic N) is 4. The lowest BCUT2D eigenvalue weighted by molar-refractivity contribution is -0.192. The van der Waals surface area contributed by atoms with Gasteiger partial charge >= 0.3 is 12.1 Å². The van der Waals surface area contributed by atoms with Crippen LogP contribution in [-0.4, -0.2) is 60.6 Å². The summed E-state index contributed by atoms with van der Waals surface area (Å²) >= 11 is 6.12. The molecule has 0 aliphatic carbocycles. The number of amides is 1. The number of fused-ring (bicyclic) bond motifs is 3. The third kappa shape index (κ3) is 5.46. The fraction of sp³-hybridized carbons (Fsp3) is 0.238. The maximum absolute atomic E-state index is 12.7. The van der Waals surface area contributed by atoms with Crippen LogP contribution >= 0.6 is 11.6 Å². The number of rotatable bonds is 5. The molecule has 0 spiro atoms. The van der Waals surface area contributed by atoms with E-state index in [0.717, 1.165) is 28.1 Å². The summed E-state index contributed by atoms with van der Waals surface area (Å²) in [5.41, 5.74) is 3.95. The van der Waals surface area contributed by atoms with Crippen molar-refractivity contribution in [2.75, 3.05) is 13.2 Å². The van der Waals surface area contributed by atoms with Gasteiger partial charge in [-0.05, 0) is 42.8 Å². The van der Waals surface area contributed by atoms with E-state index >= 15 is 0 Å². The first-order chi connectivity index (χ1) is 16.0. The highest BCUT2D eigenvalue weighted by Gasteiger charge is 2.38. The lowest BCUT2D eigenvalue weighted by Gasteiger charge is -2.11. The number of benzene rings is 1. The fourth-order valence-corrected chi connectivity index (χ4v) is 3.49. The van der Waals surface area contributed by atoms with Crippen LogP contribution in [0.3, 0.4) is 0 Å². The molecule has 0 aliphatic rings. The van der Waals surface area contributed by atoms with Crippen molar-refractivity contribution in [2.24, 2.45) is 0 Å². The Balaban J connectivity index is 0.000000406. The Hall–Kier alpha value is -3.64. The summed E-state index contributed by atoms with van der Waals surface area (Å²) in [5.74, 6) is -2.26. The second kappa shape index (κ2) is 10.1. The van der Waals surface area contributed by atoms with Crippen molar-refractivity contribution in [3.05, 3.63) is 64.6 Å². The van der Waals surface area contributed by atoms with E-state index in [1.807, 2.05) is 58.4 Å². The van der Waals surface area contributed by atoms with E-state index in [1.165, 1.54) is 0 Å². The third-order valence-electron chi connectivity index (χ3n) is 4.70. The fourth-order valence-electron chi connectivity index (χ4n) is 3.28. The zero-order valence-corrected chi connectivity index (χ0v) is 18.4. The number of carbonyl (C=O) groups is 2. The minimum absolute atomic E-state index is 0.116. The van der Waals surface area contributed by atoms with E-state index in [-0.39, 0.29) is 19.1 Å². The molecule has 0 saturated carbocycles. The molecule has 1 amide bonds. The number of halogens is 4. The Morgan fingerprint density at radius 3 is 2.44 bits per heavy atom. The van der Waals surface area contributed by atoms with E-state index in [9.17, 15) is 18.0 Å². The topological polar surface area (TPSA) is 122 Å². The minimum Gasteiger partial charge on any atom is -0.475 e. The molecule has 3 aromatic heterocycles. The van der Waals surface area contributed by atoms with E-state index in [0.29, 0.717) is 17.3 Å². The number of hydrogen-bond donors (Lipinski definition) is 3. The smallest absolute Gasteiger partial charge is 0.475 e. The predicted molar refractivity (Wildman–Crippen MR) is 117 cm³/mol. The average Bonchev–Trinajstić information content (AvgIpc) is 3.32. The van der Waals surface area contributed by atoms with Crippen molar-refractivity contribution in [1.29, 1.82) is 0 Å². The second-order valence-corrected chi connectivity index (χ2v) is 7.51. The van der Waals surface area contributed by atoms with Gasteiger partial charge in [-0.1, -0.05) is 23.7 Å². The van der Waals surface area contributed by atoms with Crippen LogP contribution in [0.1, 0.15) is 21.9 Å². The van der Waals surface area contributed by atoms with E-state index in [4.69, 9.17) is 26.6 Å². The van der Waals surface area contributed by atoms with Crippen LogP contribution in [0.5, 0.6) is 0 Å². The highest BCUT2D eigenvalue weighted by molar-refractivity contribution is 6.30. The van der Waals surface area contributed by atoms with Gasteiger partial charge in [0.25, 0.3) is 5.91 Å². The van der Waals surface area contributed by atoms with Gasteiger partial charge < -0.3 is 20.1 Å². The number of nitrogens with one attached hydrogen (secondary N) is 1. The van der Waals surface area contributed by atoms with Gasteiger partial charge in [0.05, 0.1) is 17.6 Å². The molecule has 0 saturated heterocycles. The van der Waals surface area contributed by atoms with E-state index in [2.05, 4.69) is 15.5 Å². The van der Waals surface area contributed by atoms with Gasteiger partial charge in [-0.3, -0.25) is 9.20 Å². The maximum atomic E-state index is 12.7. The minimum atomic E-state index is -5.08. The monoisotopic (exact) mass is 497 g/mol. The maximum Gasteiger partial charge on any atom is 0.490 e. The van der Waals surface area contributed by atoms with Crippen LogP contribution in [-0.2, 0) is 11.3 Å². The largest absolute Gasteiger partial charge is 0.490 e. The molecule has 0 fully saturated rings. The van der Waals surface area contributed by atoms with Crippen molar-refractivity contribution < 1.29 is 33.0 Å².